The zero-order chi connectivity index (χ0) is 14.3. The van der Waals surface area contributed by atoms with Crippen LogP contribution >= 0.6 is 0 Å². The van der Waals surface area contributed by atoms with Gasteiger partial charge in [-0.3, -0.25) is 4.79 Å². The van der Waals surface area contributed by atoms with E-state index < -0.39 is 0 Å². The Bertz CT molecular complexity index is 640. The minimum Gasteiger partial charge on any atom is -0.399 e. The van der Waals surface area contributed by atoms with Gasteiger partial charge in [-0.25, -0.2) is 0 Å². The van der Waals surface area contributed by atoms with Crippen molar-refractivity contribution in [2.75, 3.05) is 18.8 Å². The van der Waals surface area contributed by atoms with E-state index in [9.17, 15) is 4.79 Å². The van der Waals surface area contributed by atoms with Crippen LogP contribution in [0.5, 0.6) is 0 Å². The molecule has 2 aromatic rings. The van der Waals surface area contributed by atoms with Crippen LogP contribution in [-0.2, 0) is 4.74 Å². The van der Waals surface area contributed by atoms with Crippen molar-refractivity contribution in [3.63, 3.8) is 0 Å². The minimum absolute atomic E-state index is 0.0155. The predicted octanol–water partition coefficient (Wildman–Crippen LogP) is 2.00. The lowest BCUT2D eigenvalue weighted by Crippen LogP contribution is -2.48. The summed E-state index contributed by atoms with van der Waals surface area (Å²) in [6.45, 7) is 5.23. The summed E-state index contributed by atoms with van der Waals surface area (Å²) >= 11 is 0. The van der Waals surface area contributed by atoms with E-state index in [1.165, 1.54) is 0 Å². The number of benzene rings is 1. The summed E-state index contributed by atoms with van der Waals surface area (Å²) in [6, 6.07) is 7.45. The molecule has 2 heterocycles. The van der Waals surface area contributed by atoms with Crippen LogP contribution in [0.1, 0.15) is 24.3 Å². The number of aromatic amines is 1. The van der Waals surface area contributed by atoms with Crippen molar-refractivity contribution < 1.29 is 9.53 Å². The van der Waals surface area contributed by atoms with Gasteiger partial charge in [0.15, 0.2) is 0 Å². The Morgan fingerprint density at radius 1 is 1.30 bits per heavy atom. The van der Waals surface area contributed by atoms with Crippen molar-refractivity contribution in [2.45, 2.75) is 26.1 Å². The number of fused-ring (bicyclic) bond motifs is 1. The van der Waals surface area contributed by atoms with E-state index >= 15 is 0 Å². The number of hydrogen-bond acceptors (Lipinski definition) is 3. The minimum atomic E-state index is 0.0155. The number of ether oxygens (including phenoxy) is 1. The number of nitrogens with zero attached hydrogens (tertiary/aromatic N) is 1. The second kappa shape index (κ2) is 4.83. The number of nitrogen functional groups attached to an aromatic ring is 1. The Hall–Kier alpha value is -2.01. The zero-order valence-corrected chi connectivity index (χ0v) is 11.7. The van der Waals surface area contributed by atoms with E-state index in [0.717, 1.165) is 10.9 Å². The molecule has 106 valence electrons. The van der Waals surface area contributed by atoms with E-state index in [1.54, 1.807) is 0 Å². The van der Waals surface area contributed by atoms with Gasteiger partial charge in [0, 0.05) is 29.7 Å². The number of carbonyl (C=O) groups is 1. The van der Waals surface area contributed by atoms with E-state index in [-0.39, 0.29) is 18.1 Å². The lowest BCUT2D eigenvalue weighted by Gasteiger charge is -2.35. The van der Waals surface area contributed by atoms with Crippen molar-refractivity contribution in [1.29, 1.82) is 0 Å². The molecule has 1 amide bonds. The van der Waals surface area contributed by atoms with Crippen LogP contribution in [0.15, 0.2) is 24.3 Å². The van der Waals surface area contributed by atoms with Crippen LogP contribution in [0.3, 0.4) is 0 Å². The molecule has 0 bridgehead atoms. The fraction of sp³-hybridized carbons (Fsp3) is 0.400. The number of rotatable bonds is 1. The van der Waals surface area contributed by atoms with Gasteiger partial charge >= 0.3 is 0 Å². The van der Waals surface area contributed by atoms with Gasteiger partial charge in [-0.15, -0.1) is 0 Å². The maximum Gasteiger partial charge on any atom is 0.270 e. The monoisotopic (exact) mass is 273 g/mol. The molecule has 1 aromatic carbocycles. The summed E-state index contributed by atoms with van der Waals surface area (Å²) in [5, 5.41) is 0.961. The Balaban J connectivity index is 1.88. The topological polar surface area (TPSA) is 71.3 Å². The summed E-state index contributed by atoms with van der Waals surface area (Å²) in [7, 11) is 0. The summed E-state index contributed by atoms with van der Waals surface area (Å²) in [5.74, 6) is 0.0155. The third kappa shape index (κ3) is 2.36. The molecular formula is C15H19N3O2. The first-order chi connectivity index (χ1) is 9.52. The number of anilines is 1. The van der Waals surface area contributed by atoms with E-state index in [2.05, 4.69) is 4.98 Å². The average molecular weight is 273 g/mol. The molecule has 0 spiro atoms. The third-order valence-electron chi connectivity index (χ3n) is 3.58. The first kappa shape index (κ1) is 13.0. The summed E-state index contributed by atoms with van der Waals surface area (Å²) in [6.07, 6.45) is 0.144. The molecule has 1 aliphatic heterocycles. The Labute approximate surface area is 117 Å². The Morgan fingerprint density at radius 3 is 2.70 bits per heavy atom. The highest BCUT2D eigenvalue weighted by atomic mass is 16.5. The molecule has 1 aromatic heterocycles. The standard InChI is InChI=1S/C15H19N3O2/c1-9-7-18(8-10(2)20-9)15(19)14-6-11-5-12(16)3-4-13(11)17-14/h3-6,9-10,17H,7-8,16H2,1-2H3. The highest BCUT2D eigenvalue weighted by Crippen LogP contribution is 2.20. The van der Waals surface area contributed by atoms with Gasteiger partial charge in [0.1, 0.15) is 5.69 Å². The fourth-order valence-corrected chi connectivity index (χ4v) is 2.78. The lowest BCUT2D eigenvalue weighted by atomic mass is 10.2. The van der Waals surface area contributed by atoms with Gasteiger partial charge in [0.2, 0.25) is 0 Å². The van der Waals surface area contributed by atoms with E-state index in [4.69, 9.17) is 10.5 Å². The van der Waals surface area contributed by atoms with Crippen LogP contribution in [0.2, 0.25) is 0 Å². The number of carbonyl (C=O) groups excluding carboxylic acids is 1. The van der Waals surface area contributed by atoms with Crippen LogP contribution in [-0.4, -0.2) is 41.1 Å². The van der Waals surface area contributed by atoms with Gasteiger partial charge < -0.3 is 20.4 Å². The van der Waals surface area contributed by atoms with Gasteiger partial charge in [-0.05, 0) is 38.1 Å². The molecule has 2 atom stereocenters. The van der Waals surface area contributed by atoms with E-state index in [1.807, 2.05) is 43.0 Å². The molecule has 0 saturated carbocycles. The number of nitrogens with two attached hydrogens (primary N) is 1. The SMILES string of the molecule is CC1CN(C(=O)c2cc3cc(N)ccc3[nH]2)CC(C)O1. The molecule has 1 aliphatic rings. The molecule has 1 saturated heterocycles. The Morgan fingerprint density at radius 2 is 2.00 bits per heavy atom. The smallest absolute Gasteiger partial charge is 0.270 e. The average Bonchev–Trinajstić information content (AvgIpc) is 2.79. The molecule has 3 N–H and O–H groups in total. The molecule has 2 unspecified atom stereocenters. The van der Waals surface area contributed by atoms with Crippen LogP contribution in [0.4, 0.5) is 5.69 Å². The quantitative estimate of drug-likeness (QED) is 0.781. The summed E-state index contributed by atoms with van der Waals surface area (Å²) in [5.41, 5.74) is 7.99. The summed E-state index contributed by atoms with van der Waals surface area (Å²) < 4.78 is 5.66. The normalized spacial score (nSPS) is 23.2. The first-order valence-electron chi connectivity index (χ1n) is 6.86. The molecule has 20 heavy (non-hydrogen) atoms. The molecule has 0 aliphatic carbocycles. The van der Waals surface area contributed by atoms with Crippen molar-refractivity contribution in [3.8, 4) is 0 Å². The lowest BCUT2D eigenvalue weighted by molar-refractivity contribution is -0.0587. The van der Waals surface area contributed by atoms with Crippen LogP contribution in [0, 0.1) is 0 Å². The van der Waals surface area contributed by atoms with Gasteiger partial charge in [-0.2, -0.15) is 0 Å². The van der Waals surface area contributed by atoms with Gasteiger partial charge in [0.05, 0.1) is 12.2 Å². The third-order valence-corrected chi connectivity index (χ3v) is 3.58. The number of nitrogens with one attached hydrogen (secondary N) is 1. The molecule has 5 nitrogen and oxygen atoms in total. The van der Waals surface area contributed by atoms with Gasteiger partial charge in [0.25, 0.3) is 5.91 Å². The molecule has 1 fully saturated rings. The molecule has 5 heteroatoms. The predicted molar refractivity (Wildman–Crippen MR) is 78.6 cm³/mol. The highest BCUT2D eigenvalue weighted by Gasteiger charge is 2.27. The molecular weight excluding hydrogens is 254 g/mol. The maximum atomic E-state index is 12.6. The first-order valence-corrected chi connectivity index (χ1v) is 6.86. The number of H-pyrrole nitrogens is 1. The number of morpholine rings is 1. The van der Waals surface area contributed by atoms with Crippen molar-refractivity contribution in [1.82, 2.24) is 9.88 Å². The van der Waals surface area contributed by atoms with Gasteiger partial charge in [-0.1, -0.05) is 0 Å². The number of amides is 1. The number of hydrogen-bond donors (Lipinski definition) is 2. The molecule has 3 rings (SSSR count). The maximum absolute atomic E-state index is 12.6. The van der Waals surface area contributed by atoms with Crippen LogP contribution in [0.25, 0.3) is 10.9 Å². The largest absolute Gasteiger partial charge is 0.399 e. The van der Waals surface area contributed by atoms with E-state index in [0.29, 0.717) is 24.5 Å². The second-order valence-electron chi connectivity index (χ2n) is 5.50. The van der Waals surface area contributed by atoms with Crippen molar-refractivity contribution >= 4 is 22.5 Å². The second-order valence-corrected chi connectivity index (χ2v) is 5.50. The summed E-state index contributed by atoms with van der Waals surface area (Å²) in [4.78, 5) is 17.6. The van der Waals surface area contributed by atoms with Crippen molar-refractivity contribution in [2.24, 2.45) is 0 Å². The fourth-order valence-electron chi connectivity index (χ4n) is 2.78. The molecule has 0 radical (unpaired) electrons. The highest BCUT2D eigenvalue weighted by molar-refractivity contribution is 5.98. The van der Waals surface area contributed by atoms with Crippen molar-refractivity contribution in [3.05, 3.63) is 30.0 Å². The Kier molecular flexibility index (Phi) is 3.14. The van der Waals surface area contributed by atoms with Crippen LogP contribution < -0.4 is 5.73 Å². The zero-order valence-electron chi connectivity index (χ0n) is 11.7. The number of aromatic nitrogens is 1.